The van der Waals surface area contributed by atoms with Gasteiger partial charge >= 0.3 is 0 Å². The van der Waals surface area contributed by atoms with Gasteiger partial charge in [-0.3, -0.25) is 4.79 Å². The van der Waals surface area contributed by atoms with Crippen molar-refractivity contribution in [2.24, 2.45) is 0 Å². The van der Waals surface area contributed by atoms with E-state index in [1.54, 1.807) is 16.7 Å². The number of carbonyl (C=O) groups is 1. The summed E-state index contributed by atoms with van der Waals surface area (Å²) in [7, 11) is 0. The van der Waals surface area contributed by atoms with Gasteiger partial charge in [-0.25, -0.2) is 9.37 Å². The molecule has 1 unspecified atom stereocenters. The van der Waals surface area contributed by atoms with Crippen LogP contribution >= 0.6 is 0 Å². The largest absolute Gasteiger partial charge is 0.394 e. The highest BCUT2D eigenvalue weighted by Gasteiger charge is 2.12. The standard InChI is InChI=1S/C13H16FN3O2/c1-2-10(8-18)16-13(19)5-11-7-17-6-9(14)3-4-12(17)15-11/h3-4,6-7,10,18H,2,5,8H2,1H3,(H,16,19). The summed E-state index contributed by atoms with van der Waals surface area (Å²) in [5.74, 6) is -0.558. The molecule has 0 saturated carbocycles. The molecule has 0 aromatic carbocycles. The van der Waals surface area contributed by atoms with E-state index in [1.807, 2.05) is 6.92 Å². The number of amides is 1. The van der Waals surface area contributed by atoms with Gasteiger partial charge in [0.25, 0.3) is 0 Å². The number of carbonyl (C=O) groups excluding carboxylic acids is 1. The molecule has 0 aliphatic heterocycles. The lowest BCUT2D eigenvalue weighted by atomic mass is 10.2. The average Bonchev–Trinajstić information content (AvgIpc) is 2.77. The van der Waals surface area contributed by atoms with Crippen LogP contribution in [0.25, 0.3) is 5.65 Å². The number of hydrogen-bond acceptors (Lipinski definition) is 3. The van der Waals surface area contributed by atoms with Gasteiger partial charge in [-0.2, -0.15) is 0 Å². The molecule has 2 rings (SSSR count). The third-order valence-corrected chi connectivity index (χ3v) is 2.88. The number of aromatic nitrogens is 2. The molecule has 0 saturated heterocycles. The molecule has 0 fully saturated rings. The lowest BCUT2D eigenvalue weighted by Gasteiger charge is -2.13. The number of aliphatic hydroxyl groups is 1. The normalized spacial score (nSPS) is 12.6. The van der Waals surface area contributed by atoms with Crippen molar-refractivity contribution in [3.05, 3.63) is 36.0 Å². The van der Waals surface area contributed by atoms with Crippen LogP contribution in [0.15, 0.2) is 24.5 Å². The minimum atomic E-state index is -0.354. The van der Waals surface area contributed by atoms with Crippen LogP contribution in [0.4, 0.5) is 4.39 Å². The van der Waals surface area contributed by atoms with E-state index >= 15 is 0 Å². The van der Waals surface area contributed by atoms with Crippen molar-refractivity contribution in [2.75, 3.05) is 6.61 Å². The van der Waals surface area contributed by atoms with Gasteiger partial charge in [-0.05, 0) is 18.6 Å². The second-order valence-corrected chi connectivity index (χ2v) is 4.38. The van der Waals surface area contributed by atoms with Crippen LogP contribution in [0.5, 0.6) is 0 Å². The maximum absolute atomic E-state index is 13.0. The Morgan fingerprint density at radius 3 is 3.00 bits per heavy atom. The van der Waals surface area contributed by atoms with Gasteiger partial charge in [0.05, 0.1) is 24.8 Å². The molecule has 6 heteroatoms. The highest BCUT2D eigenvalue weighted by atomic mass is 19.1. The molecule has 1 amide bonds. The molecule has 2 aromatic rings. The van der Waals surface area contributed by atoms with Crippen molar-refractivity contribution in [3.8, 4) is 0 Å². The van der Waals surface area contributed by atoms with Gasteiger partial charge in [0, 0.05) is 12.4 Å². The zero-order chi connectivity index (χ0) is 13.8. The van der Waals surface area contributed by atoms with Crippen LogP contribution in [0, 0.1) is 5.82 Å². The molecule has 1 atom stereocenters. The molecular weight excluding hydrogens is 249 g/mol. The first-order valence-electron chi connectivity index (χ1n) is 6.15. The van der Waals surface area contributed by atoms with Gasteiger partial charge in [-0.1, -0.05) is 6.92 Å². The molecule has 5 nitrogen and oxygen atoms in total. The lowest BCUT2D eigenvalue weighted by molar-refractivity contribution is -0.121. The maximum atomic E-state index is 13.0. The minimum Gasteiger partial charge on any atom is -0.394 e. The summed E-state index contributed by atoms with van der Waals surface area (Å²) in [6.45, 7) is 1.80. The fraction of sp³-hybridized carbons (Fsp3) is 0.385. The number of imidazole rings is 1. The number of halogens is 1. The lowest BCUT2D eigenvalue weighted by Crippen LogP contribution is -2.37. The molecular formula is C13H16FN3O2. The molecule has 0 spiro atoms. The molecule has 2 aromatic heterocycles. The van der Waals surface area contributed by atoms with Gasteiger partial charge in [0.15, 0.2) is 0 Å². The van der Waals surface area contributed by atoms with E-state index in [0.717, 1.165) is 0 Å². The summed E-state index contributed by atoms with van der Waals surface area (Å²) in [5.41, 5.74) is 1.16. The zero-order valence-electron chi connectivity index (χ0n) is 10.6. The summed E-state index contributed by atoms with van der Waals surface area (Å²) in [6, 6.07) is 2.65. The van der Waals surface area contributed by atoms with Gasteiger partial charge < -0.3 is 14.8 Å². The number of pyridine rings is 1. The van der Waals surface area contributed by atoms with Crippen molar-refractivity contribution in [3.63, 3.8) is 0 Å². The molecule has 0 bridgehead atoms. The van der Waals surface area contributed by atoms with Crippen molar-refractivity contribution in [1.82, 2.24) is 14.7 Å². The topological polar surface area (TPSA) is 66.6 Å². The molecule has 2 N–H and O–H groups in total. The first-order valence-corrected chi connectivity index (χ1v) is 6.15. The predicted octanol–water partition coefficient (Wildman–Crippen LogP) is 0.903. The Hall–Kier alpha value is -1.95. The average molecular weight is 265 g/mol. The Morgan fingerprint density at radius 1 is 1.53 bits per heavy atom. The quantitative estimate of drug-likeness (QED) is 0.844. The summed E-state index contributed by atoms with van der Waals surface area (Å²) < 4.78 is 14.6. The van der Waals surface area contributed by atoms with Crippen LogP contribution < -0.4 is 5.32 Å². The molecule has 102 valence electrons. The maximum Gasteiger partial charge on any atom is 0.226 e. The number of aliphatic hydroxyl groups excluding tert-OH is 1. The van der Waals surface area contributed by atoms with E-state index in [2.05, 4.69) is 10.3 Å². The number of hydrogen-bond donors (Lipinski definition) is 2. The third-order valence-electron chi connectivity index (χ3n) is 2.88. The van der Waals surface area contributed by atoms with Crippen LogP contribution in [0.2, 0.25) is 0 Å². The van der Waals surface area contributed by atoms with Crippen molar-refractivity contribution in [2.45, 2.75) is 25.8 Å². The van der Waals surface area contributed by atoms with Crippen molar-refractivity contribution < 1.29 is 14.3 Å². The van der Waals surface area contributed by atoms with Crippen LogP contribution in [0.3, 0.4) is 0 Å². The fourth-order valence-electron chi connectivity index (χ4n) is 1.82. The predicted molar refractivity (Wildman–Crippen MR) is 68.2 cm³/mol. The van der Waals surface area contributed by atoms with E-state index in [4.69, 9.17) is 5.11 Å². The van der Waals surface area contributed by atoms with Gasteiger partial charge in [0.2, 0.25) is 5.91 Å². The Labute approximate surface area is 110 Å². The van der Waals surface area contributed by atoms with Crippen LogP contribution in [-0.2, 0) is 11.2 Å². The summed E-state index contributed by atoms with van der Waals surface area (Å²) in [6.07, 6.45) is 3.71. The fourth-order valence-corrected chi connectivity index (χ4v) is 1.82. The van der Waals surface area contributed by atoms with Crippen LogP contribution in [0.1, 0.15) is 19.0 Å². The Morgan fingerprint density at radius 2 is 2.32 bits per heavy atom. The molecule has 19 heavy (non-hydrogen) atoms. The van der Waals surface area contributed by atoms with Gasteiger partial charge in [-0.15, -0.1) is 0 Å². The Balaban J connectivity index is 2.06. The molecule has 0 aliphatic carbocycles. The smallest absolute Gasteiger partial charge is 0.226 e. The molecule has 0 radical (unpaired) electrons. The van der Waals surface area contributed by atoms with E-state index in [1.165, 1.54) is 12.3 Å². The van der Waals surface area contributed by atoms with E-state index in [0.29, 0.717) is 17.8 Å². The summed E-state index contributed by atoms with van der Waals surface area (Å²) >= 11 is 0. The monoisotopic (exact) mass is 265 g/mol. The van der Waals surface area contributed by atoms with Crippen molar-refractivity contribution in [1.29, 1.82) is 0 Å². The first-order chi connectivity index (χ1) is 9.12. The molecule has 0 aliphatic rings. The zero-order valence-corrected chi connectivity index (χ0v) is 10.6. The second kappa shape index (κ2) is 5.79. The second-order valence-electron chi connectivity index (χ2n) is 4.38. The van der Waals surface area contributed by atoms with Crippen molar-refractivity contribution >= 4 is 11.6 Å². The summed E-state index contributed by atoms with van der Waals surface area (Å²) in [4.78, 5) is 16.0. The number of fused-ring (bicyclic) bond motifs is 1. The third kappa shape index (κ3) is 3.29. The first kappa shape index (κ1) is 13.5. The highest BCUT2D eigenvalue weighted by Crippen LogP contribution is 2.07. The number of nitrogens with one attached hydrogen (secondary N) is 1. The Kier molecular flexibility index (Phi) is 4.11. The van der Waals surface area contributed by atoms with E-state index < -0.39 is 0 Å². The minimum absolute atomic E-state index is 0.0847. The molecule has 2 heterocycles. The van der Waals surface area contributed by atoms with E-state index in [-0.39, 0.29) is 30.8 Å². The van der Waals surface area contributed by atoms with E-state index in [9.17, 15) is 9.18 Å². The number of nitrogens with zero attached hydrogens (tertiary/aromatic N) is 2. The van der Waals surface area contributed by atoms with Crippen LogP contribution in [-0.4, -0.2) is 33.0 Å². The van der Waals surface area contributed by atoms with Gasteiger partial charge in [0.1, 0.15) is 11.5 Å². The SMILES string of the molecule is CCC(CO)NC(=O)Cc1cn2cc(F)ccc2n1. The number of rotatable bonds is 5. The highest BCUT2D eigenvalue weighted by molar-refractivity contribution is 5.78. The Bertz CT molecular complexity index is 578. The summed E-state index contributed by atoms with van der Waals surface area (Å²) in [5, 5.41) is 11.7.